The number of benzene rings is 1. The van der Waals surface area contributed by atoms with Crippen molar-refractivity contribution < 1.29 is 13.9 Å². The number of aromatic amines is 2. The zero-order valence-electron chi connectivity index (χ0n) is 13.6. The minimum atomic E-state index is -0.576. The van der Waals surface area contributed by atoms with Crippen LogP contribution in [0.3, 0.4) is 0 Å². The van der Waals surface area contributed by atoms with Crippen molar-refractivity contribution in [1.82, 2.24) is 30.0 Å². The number of halogens is 1. The number of rotatable bonds is 4. The van der Waals surface area contributed by atoms with Gasteiger partial charge in [-0.3, -0.25) is 9.89 Å². The number of ether oxygens (including phenoxy) is 1. The standard InChI is InChI=1S/C16H17FN6O2/c1-23(6-14-9(2-3-25-14)15-20-8-21-22-15)16(24)10-4-12-13(5-11(10)17)19-7-18-12/h4-5,7-9,14H,2-3,6H2,1H3,(H,18,19)(H,20,21,22)/t9-,14-/m1/s1. The maximum Gasteiger partial charge on any atom is 0.256 e. The van der Waals surface area contributed by atoms with Crippen LogP contribution in [0.1, 0.15) is 28.5 Å². The van der Waals surface area contributed by atoms with E-state index in [1.807, 2.05) is 0 Å². The van der Waals surface area contributed by atoms with E-state index in [2.05, 4.69) is 25.1 Å². The number of hydrogen-bond acceptors (Lipinski definition) is 5. The molecule has 9 heteroatoms. The van der Waals surface area contributed by atoms with Crippen LogP contribution in [-0.2, 0) is 4.74 Å². The van der Waals surface area contributed by atoms with Crippen molar-refractivity contribution in [3.8, 4) is 0 Å². The van der Waals surface area contributed by atoms with Gasteiger partial charge in [-0.25, -0.2) is 14.4 Å². The highest BCUT2D eigenvalue weighted by Crippen LogP contribution is 2.29. The van der Waals surface area contributed by atoms with Crippen molar-refractivity contribution in [3.63, 3.8) is 0 Å². The summed E-state index contributed by atoms with van der Waals surface area (Å²) in [5, 5.41) is 6.72. The van der Waals surface area contributed by atoms with Gasteiger partial charge in [0.1, 0.15) is 18.0 Å². The van der Waals surface area contributed by atoms with Crippen molar-refractivity contribution >= 4 is 16.9 Å². The largest absolute Gasteiger partial charge is 0.376 e. The van der Waals surface area contributed by atoms with E-state index >= 15 is 0 Å². The molecule has 0 unspecified atom stereocenters. The summed E-state index contributed by atoms with van der Waals surface area (Å²) in [6, 6.07) is 2.75. The molecule has 3 heterocycles. The van der Waals surface area contributed by atoms with Crippen LogP contribution in [0, 0.1) is 5.82 Å². The highest BCUT2D eigenvalue weighted by atomic mass is 19.1. The average Bonchev–Trinajstić information content (AvgIpc) is 3.33. The van der Waals surface area contributed by atoms with Gasteiger partial charge >= 0.3 is 0 Å². The lowest BCUT2D eigenvalue weighted by molar-refractivity contribution is 0.0547. The van der Waals surface area contributed by atoms with E-state index in [9.17, 15) is 9.18 Å². The topological polar surface area (TPSA) is 99.8 Å². The van der Waals surface area contributed by atoms with Crippen LogP contribution in [-0.4, -0.2) is 62.3 Å². The Kier molecular flexibility index (Phi) is 3.92. The van der Waals surface area contributed by atoms with Gasteiger partial charge in [0.25, 0.3) is 5.91 Å². The van der Waals surface area contributed by atoms with Crippen molar-refractivity contribution in [1.29, 1.82) is 0 Å². The molecule has 1 aromatic carbocycles. The van der Waals surface area contributed by atoms with Crippen molar-refractivity contribution in [2.45, 2.75) is 18.4 Å². The number of fused-ring (bicyclic) bond motifs is 1. The molecule has 0 radical (unpaired) electrons. The Morgan fingerprint density at radius 3 is 3.12 bits per heavy atom. The lowest BCUT2D eigenvalue weighted by atomic mass is 10.00. The summed E-state index contributed by atoms with van der Waals surface area (Å²) in [6.07, 6.45) is 3.51. The van der Waals surface area contributed by atoms with Crippen LogP contribution in [0.4, 0.5) is 4.39 Å². The molecule has 4 rings (SSSR count). The quantitative estimate of drug-likeness (QED) is 0.746. The molecule has 0 aliphatic carbocycles. The molecule has 25 heavy (non-hydrogen) atoms. The van der Waals surface area contributed by atoms with Crippen LogP contribution in [0.15, 0.2) is 24.8 Å². The van der Waals surface area contributed by atoms with E-state index < -0.39 is 11.7 Å². The number of carbonyl (C=O) groups is 1. The van der Waals surface area contributed by atoms with Gasteiger partial charge in [0, 0.05) is 32.2 Å². The first-order valence-electron chi connectivity index (χ1n) is 7.98. The third-order valence-corrected chi connectivity index (χ3v) is 4.53. The molecule has 0 bridgehead atoms. The zero-order valence-corrected chi connectivity index (χ0v) is 13.6. The lowest BCUT2D eigenvalue weighted by Crippen LogP contribution is -2.36. The number of H-pyrrole nitrogens is 2. The first-order valence-corrected chi connectivity index (χ1v) is 7.98. The molecule has 0 saturated carbocycles. The summed E-state index contributed by atoms with van der Waals surface area (Å²) in [4.78, 5) is 25.2. The third kappa shape index (κ3) is 2.86. The molecule has 1 aliphatic heterocycles. The number of hydrogen-bond donors (Lipinski definition) is 2. The molecule has 1 aliphatic rings. The summed E-state index contributed by atoms with van der Waals surface area (Å²) < 4.78 is 20.0. The number of nitrogens with zero attached hydrogens (tertiary/aromatic N) is 4. The Labute approximate surface area is 142 Å². The van der Waals surface area contributed by atoms with Crippen molar-refractivity contribution in [2.75, 3.05) is 20.2 Å². The fourth-order valence-corrected chi connectivity index (χ4v) is 3.21. The molecule has 2 aromatic heterocycles. The number of aromatic nitrogens is 5. The van der Waals surface area contributed by atoms with E-state index in [1.165, 1.54) is 29.7 Å². The molecule has 0 spiro atoms. The summed E-state index contributed by atoms with van der Waals surface area (Å²) in [5.74, 6) is -0.203. The van der Waals surface area contributed by atoms with Crippen molar-refractivity contribution in [3.05, 3.63) is 42.0 Å². The zero-order chi connectivity index (χ0) is 17.4. The van der Waals surface area contributed by atoms with Crippen LogP contribution in [0.25, 0.3) is 11.0 Å². The summed E-state index contributed by atoms with van der Waals surface area (Å²) in [5.41, 5.74) is 1.10. The van der Waals surface area contributed by atoms with Crippen LogP contribution in [0.5, 0.6) is 0 Å². The van der Waals surface area contributed by atoms with Gasteiger partial charge in [0.05, 0.1) is 29.0 Å². The Hall–Kier alpha value is -2.81. The van der Waals surface area contributed by atoms with Crippen LogP contribution < -0.4 is 0 Å². The number of nitrogens with one attached hydrogen (secondary N) is 2. The first-order chi connectivity index (χ1) is 12.1. The number of likely N-dealkylation sites (N-methyl/N-ethyl adjacent to an activating group) is 1. The van der Waals surface area contributed by atoms with E-state index in [-0.39, 0.29) is 17.6 Å². The second-order valence-corrected chi connectivity index (χ2v) is 6.11. The second-order valence-electron chi connectivity index (χ2n) is 6.11. The van der Waals surface area contributed by atoms with E-state index in [1.54, 1.807) is 7.05 Å². The SMILES string of the molecule is CN(C[C@H]1OCC[C@H]1c1ncn[nH]1)C(=O)c1cc2nc[nH]c2cc1F. The van der Waals surface area contributed by atoms with Crippen LogP contribution >= 0.6 is 0 Å². The average molecular weight is 344 g/mol. The predicted molar refractivity (Wildman–Crippen MR) is 86.5 cm³/mol. The Bertz CT molecular complexity index is 893. The highest BCUT2D eigenvalue weighted by Gasteiger charge is 2.33. The smallest absolute Gasteiger partial charge is 0.256 e. The molecule has 130 valence electrons. The molecule has 3 aromatic rings. The molecule has 2 N–H and O–H groups in total. The molecular weight excluding hydrogens is 327 g/mol. The van der Waals surface area contributed by atoms with Gasteiger partial charge in [-0.15, -0.1) is 0 Å². The minimum absolute atomic E-state index is 0.00341. The van der Waals surface area contributed by atoms with Crippen molar-refractivity contribution in [2.24, 2.45) is 0 Å². The second kappa shape index (κ2) is 6.25. The van der Waals surface area contributed by atoms with Gasteiger partial charge < -0.3 is 14.6 Å². The maximum atomic E-state index is 14.3. The number of amides is 1. The minimum Gasteiger partial charge on any atom is -0.376 e. The van der Waals surface area contributed by atoms with Gasteiger partial charge in [-0.2, -0.15) is 5.10 Å². The predicted octanol–water partition coefficient (Wildman–Crippen LogP) is 1.46. The normalized spacial score (nSPS) is 20.2. The highest BCUT2D eigenvalue weighted by molar-refractivity contribution is 5.97. The lowest BCUT2D eigenvalue weighted by Gasteiger charge is -2.24. The third-order valence-electron chi connectivity index (χ3n) is 4.53. The van der Waals surface area contributed by atoms with E-state index in [0.29, 0.717) is 24.2 Å². The maximum absolute atomic E-state index is 14.3. The monoisotopic (exact) mass is 344 g/mol. The van der Waals surface area contributed by atoms with E-state index in [4.69, 9.17) is 4.74 Å². The van der Waals surface area contributed by atoms with Gasteiger partial charge in [-0.05, 0) is 12.5 Å². The fraction of sp³-hybridized carbons (Fsp3) is 0.375. The Morgan fingerprint density at radius 1 is 1.44 bits per heavy atom. The molecular formula is C16H17FN6O2. The molecule has 1 saturated heterocycles. The van der Waals surface area contributed by atoms with E-state index in [0.717, 1.165) is 12.2 Å². The van der Waals surface area contributed by atoms with Gasteiger partial charge in [0.15, 0.2) is 0 Å². The Morgan fingerprint density at radius 2 is 2.32 bits per heavy atom. The Balaban J connectivity index is 1.52. The molecule has 1 amide bonds. The van der Waals surface area contributed by atoms with Gasteiger partial charge in [0.2, 0.25) is 0 Å². The first kappa shape index (κ1) is 15.7. The molecule has 1 fully saturated rings. The van der Waals surface area contributed by atoms with Crippen LogP contribution in [0.2, 0.25) is 0 Å². The molecule has 8 nitrogen and oxygen atoms in total. The molecule has 2 atom stereocenters. The fourth-order valence-electron chi connectivity index (χ4n) is 3.21. The summed E-state index contributed by atoms with van der Waals surface area (Å²) >= 11 is 0. The summed E-state index contributed by atoms with van der Waals surface area (Å²) in [7, 11) is 1.63. The van der Waals surface area contributed by atoms with Gasteiger partial charge in [-0.1, -0.05) is 0 Å². The number of imidazole rings is 1. The summed E-state index contributed by atoms with van der Waals surface area (Å²) in [6.45, 7) is 0.925. The number of carbonyl (C=O) groups excluding carboxylic acids is 1.